The molecule has 20 heavy (non-hydrogen) atoms. The zero-order valence-electron chi connectivity index (χ0n) is 11.9. The number of rotatable bonds is 5. The van der Waals surface area contributed by atoms with Gasteiger partial charge in [-0.2, -0.15) is 0 Å². The Morgan fingerprint density at radius 2 is 2.00 bits per heavy atom. The van der Waals surface area contributed by atoms with Gasteiger partial charge in [-0.05, 0) is 42.5 Å². The number of nitrogens with one attached hydrogen (secondary N) is 1. The van der Waals surface area contributed by atoms with Crippen molar-refractivity contribution >= 4 is 0 Å². The monoisotopic (exact) mass is 267 g/mol. The smallest absolute Gasteiger partial charge is 0.115 e. The largest absolute Gasteiger partial charge is 0.305 e. The lowest BCUT2D eigenvalue weighted by Crippen LogP contribution is -2.23. The zero-order valence-corrected chi connectivity index (χ0v) is 11.9. The number of aromatic nitrogens is 2. The molecule has 3 rings (SSSR count). The van der Waals surface area contributed by atoms with Gasteiger partial charge in [-0.25, -0.2) is 9.97 Å². The van der Waals surface area contributed by atoms with Crippen molar-refractivity contribution in [2.24, 2.45) is 0 Å². The molecule has 1 unspecified atom stereocenters. The lowest BCUT2D eigenvalue weighted by Gasteiger charge is -2.26. The quantitative estimate of drug-likeness (QED) is 0.901. The average Bonchev–Trinajstić information content (AvgIpc) is 2.45. The van der Waals surface area contributed by atoms with Crippen molar-refractivity contribution in [3.8, 4) is 0 Å². The van der Waals surface area contributed by atoms with Crippen molar-refractivity contribution < 1.29 is 0 Å². The number of hydrogen-bond acceptors (Lipinski definition) is 3. The molecule has 1 aromatic heterocycles. The molecule has 2 aromatic rings. The van der Waals surface area contributed by atoms with Gasteiger partial charge in [0.25, 0.3) is 0 Å². The van der Waals surface area contributed by atoms with Crippen LogP contribution >= 0.6 is 0 Å². The van der Waals surface area contributed by atoms with Gasteiger partial charge in [0.1, 0.15) is 6.33 Å². The third kappa shape index (κ3) is 2.73. The third-order valence-electron chi connectivity index (χ3n) is 4.16. The molecule has 0 saturated heterocycles. The van der Waals surface area contributed by atoms with E-state index in [-0.39, 0.29) is 6.04 Å². The molecule has 3 nitrogen and oxygen atoms in total. The maximum Gasteiger partial charge on any atom is 0.115 e. The highest BCUT2D eigenvalue weighted by Gasteiger charge is 2.20. The van der Waals surface area contributed by atoms with Crippen LogP contribution in [0.25, 0.3) is 0 Å². The number of benzene rings is 1. The second-order valence-electron chi connectivity index (χ2n) is 5.42. The summed E-state index contributed by atoms with van der Waals surface area (Å²) in [7, 11) is 0. The predicted molar refractivity (Wildman–Crippen MR) is 80.6 cm³/mol. The topological polar surface area (TPSA) is 37.8 Å². The Morgan fingerprint density at radius 1 is 1.20 bits per heavy atom. The molecule has 1 aliphatic carbocycles. The van der Waals surface area contributed by atoms with Gasteiger partial charge in [-0.1, -0.05) is 37.6 Å². The maximum atomic E-state index is 4.39. The fourth-order valence-electron chi connectivity index (χ4n) is 2.77. The van der Waals surface area contributed by atoms with E-state index < -0.39 is 0 Å². The van der Waals surface area contributed by atoms with Crippen molar-refractivity contribution in [2.45, 2.75) is 38.1 Å². The Bertz CT molecular complexity index is 532. The molecule has 0 spiro atoms. The van der Waals surface area contributed by atoms with Crippen molar-refractivity contribution in [2.75, 3.05) is 6.54 Å². The van der Waals surface area contributed by atoms with Crippen LogP contribution in [0.5, 0.6) is 0 Å². The summed E-state index contributed by atoms with van der Waals surface area (Å²) in [6.45, 7) is 3.04. The Balaban J connectivity index is 1.83. The van der Waals surface area contributed by atoms with Crippen molar-refractivity contribution in [3.05, 3.63) is 59.7 Å². The SMILES string of the molecule is CCNC(c1ccc(C2CCC2)cc1)c1ccncn1. The van der Waals surface area contributed by atoms with Crippen LogP contribution in [-0.2, 0) is 0 Å². The van der Waals surface area contributed by atoms with Gasteiger partial charge in [0.2, 0.25) is 0 Å². The molecule has 3 heteroatoms. The van der Waals surface area contributed by atoms with Crippen LogP contribution in [0.2, 0.25) is 0 Å². The summed E-state index contributed by atoms with van der Waals surface area (Å²) < 4.78 is 0. The van der Waals surface area contributed by atoms with Gasteiger partial charge in [0.15, 0.2) is 0 Å². The summed E-state index contributed by atoms with van der Waals surface area (Å²) in [5.74, 6) is 0.792. The minimum absolute atomic E-state index is 0.151. The van der Waals surface area contributed by atoms with Gasteiger partial charge in [0.05, 0.1) is 11.7 Å². The lowest BCUT2D eigenvalue weighted by atomic mass is 9.80. The molecular weight excluding hydrogens is 246 g/mol. The van der Waals surface area contributed by atoms with Crippen LogP contribution in [0.1, 0.15) is 55.0 Å². The fourth-order valence-corrected chi connectivity index (χ4v) is 2.77. The molecule has 0 bridgehead atoms. The molecule has 0 amide bonds. The Kier molecular flexibility index (Phi) is 4.07. The molecule has 1 aromatic carbocycles. The normalized spacial score (nSPS) is 16.6. The molecular formula is C17H21N3. The van der Waals surface area contributed by atoms with E-state index in [2.05, 4.69) is 46.5 Å². The van der Waals surface area contributed by atoms with Crippen LogP contribution in [0.15, 0.2) is 42.9 Å². The van der Waals surface area contributed by atoms with E-state index in [0.717, 1.165) is 18.2 Å². The zero-order chi connectivity index (χ0) is 13.8. The average molecular weight is 267 g/mol. The Labute approximate surface area is 120 Å². The first-order chi connectivity index (χ1) is 9.88. The summed E-state index contributed by atoms with van der Waals surface area (Å²) in [6.07, 6.45) is 7.50. The van der Waals surface area contributed by atoms with Crippen LogP contribution in [-0.4, -0.2) is 16.5 Å². The van der Waals surface area contributed by atoms with Crippen molar-refractivity contribution in [3.63, 3.8) is 0 Å². The van der Waals surface area contributed by atoms with Crippen LogP contribution in [0.4, 0.5) is 0 Å². The van der Waals surface area contributed by atoms with Gasteiger partial charge in [0, 0.05) is 6.20 Å². The fraction of sp³-hybridized carbons (Fsp3) is 0.412. The van der Waals surface area contributed by atoms with E-state index in [1.54, 1.807) is 12.5 Å². The van der Waals surface area contributed by atoms with Gasteiger partial charge >= 0.3 is 0 Å². The van der Waals surface area contributed by atoms with Gasteiger partial charge < -0.3 is 5.32 Å². The minimum atomic E-state index is 0.151. The molecule has 1 aliphatic rings. The molecule has 104 valence electrons. The van der Waals surface area contributed by atoms with Crippen LogP contribution in [0.3, 0.4) is 0 Å². The minimum Gasteiger partial charge on any atom is -0.305 e. The van der Waals surface area contributed by atoms with E-state index >= 15 is 0 Å². The summed E-state index contributed by atoms with van der Waals surface area (Å²) in [5.41, 5.74) is 3.78. The number of hydrogen-bond donors (Lipinski definition) is 1. The first-order valence-corrected chi connectivity index (χ1v) is 7.47. The van der Waals surface area contributed by atoms with Crippen LogP contribution in [0, 0.1) is 0 Å². The molecule has 1 atom stereocenters. The second-order valence-corrected chi connectivity index (χ2v) is 5.42. The highest BCUT2D eigenvalue weighted by Crippen LogP contribution is 2.36. The number of nitrogens with zero attached hydrogens (tertiary/aromatic N) is 2. The summed E-state index contributed by atoms with van der Waals surface area (Å²) in [5, 5.41) is 3.50. The Hall–Kier alpha value is -1.74. The molecule has 1 fully saturated rings. The molecule has 1 N–H and O–H groups in total. The highest BCUT2D eigenvalue weighted by atomic mass is 14.9. The van der Waals surface area contributed by atoms with E-state index in [1.807, 2.05) is 6.07 Å². The predicted octanol–water partition coefficient (Wildman–Crippen LogP) is 3.44. The van der Waals surface area contributed by atoms with E-state index in [1.165, 1.54) is 30.4 Å². The summed E-state index contributed by atoms with van der Waals surface area (Å²) in [6, 6.07) is 11.2. The highest BCUT2D eigenvalue weighted by molar-refractivity contribution is 5.32. The lowest BCUT2D eigenvalue weighted by molar-refractivity contribution is 0.419. The Morgan fingerprint density at radius 3 is 2.55 bits per heavy atom. The van der Waals surface area contributed by atoms with Crippen molar-refractivity contribution in [1.29, 1.82) is 0 Å². The molecule has 1 saturated carbocycles. The summed E-state index contributed by atoms with van der Waals surface area (Å²) >= 11 is 0. The standard InChI is InChI=1S/C17H21N3/c1-2-19-17(16-10-11-18-12-20-16)15-8-6-14(7-9-15)13-4-3-5-13/h6-13,17,19H,2-5H2,1H3. The van der Waals surface area contributed by atoms with E-state index in [4.69, 9.17) is 0 Å². The second kappa shape index (κ2) is 6.14. The first kappa shape index (κ1) is 13.3. The summed E-state index contributed by atoms with van der Waals surface area (Å²) in [4.78, 5) is 8.38. The van der Waals surface area contributed by atoms with E-state index in [0.29, 0.717) is 0 Å². The molecule has 0 aliphatic heterocycles. The van der Waals surface area contributed by atoms with Crippen molar-refractivity contribution in [1.82, 2.24) is 15.3 Å². The molecule has 1 heterocycles. The van der Waals surface area contributed by atoms with Gasteiger partial charge in [-0.15, -0.1) is 0 Å². The first-order valence-electron chi connectivity index (χ1n) is 7.47. The van der Waals surface area contributed by atoms with E-state index in [9.17, 15) is 0 Å². The third-order valence-corrected chi connectivity index (χ3v) is 4.16. The maximum absolute atomic E-state index is 4.39. The van der Waals surface area contributed by atoms with Crippen LogP contribution < -0.4 is 5.32 Å². The van der Waals surface area contributed by atoms with Gasteiger partial charge in [-0.3, -0.25) is 0 Å². The molecule has 0 radical (unpaired) electrons.